The van der Waals surface area contributed by atoms with Crippen molar-refractivity contribution >= 4 is 6.03 Å². The van der Waals surface area contributed by atoms with E-state index in [1.165, 1.54) is 48.9 Å². The first kappa shape index (κ1) is 30.8. The first-order valence-electron chi connectivity index (χ1n) is 17.9. The fraction of sp³-hybridized carbons (Fsp3) is 0.838. The highest BCUT2D eigenvalue weighted by molar-refractivity contribution is 5.75. The molecule has 5 fully saturated rings. The number of fused-ring (bicyclic) bond motifs is 8. The van der Waals surface area contributed by atoms with Gasteiger partial charge in [0.25, 0.3) is 0 Å². The van der Waals surface area contributed by atoms with Gasteiger partial charge in [-0.1, -0.05) is 46.8 Å². The van der Waals surface area contributed by atoms with Crippen molar-refractivity contribution in [2.75, 3.05) is 39.4 Å². The number of aromatic amines is 1. The van der Waals surface area contributed by atoms with Crippen molar-refractivity contribution in [1.29, 1.82) is 0 Å². The van der Waals surface area contributed by atoms with Gasteiger partial charge in [-0.15, -0.1) is 0 Å². The molecule has 5 aliphatic carbocycles. The maximum atomic E-state index is 13.5. The van der Waals surface area contributed by atoms with Crippen molar-refractivity contribution in [2.45, 2.75) is 110 Å². The molecule has 0 unspecified atom stereocenters. The topological polar surface area (TPSA) is 82.3 Å². The highest BCUT2D eigenvalue weighted by Gasteiger charge is 2.71. The highest BCUT2D eigenvalue weighted by Crippen LogP contribution is 2.76. The Balaban J connectivity index is 1.15. The Morgan fingerprint density at radius 1 is 1.02 bits per heavy atom. The van der Waals surface area contributed by atoms with Gasteiger partial charge in [0.1, 0.15) is 0 Å². The van der Waals surface area contributed by atoms with Crippen LogP contribution in [0.2, 0.25) is 0 Å². The number of ether oxygens (including phenoxy) is 1. The maximum Gasteiger partial charge on any atom is 0.315 e. The van der Waals surface area contributed by atoms with E-state index in [-0.39, 0.29) is 33.2 Å². The van der Waals surface area contributed by atoms with Crippen LogP contribution in [0.4, 0.5) is 4.79 Å². The third kappa shape index (κ3) is 4.33. The van der Waals surface area contributed by atoms with Gasteiger partial charge in [0.05, 0.1) is 19.4 Å². The first-order valence-corrected chi connectivity index (χ1v) is 17.9. The summed E-state index contributed by atoms with van der Waals surface area (Å²) in [6.07, 6.45) is 13.0. The summed E-state index contributed by atoms with van der Waals surface area (Å²) in [7, 11) is 0. The molecule has 0 radical (unpaired) electrons. The average Bonchev–Trinajstić information content (AvgIpc) is 3.59. The number of carbonyl (C=O) groups excluding carboxylic acids is 1. The summed E-state index contributed by atoms with van der Waals surface area (Å²) in [4.78, 5) is 15.9. The van der Waals surface area contributed by atoms with E-state index in [9.17, 15) is 4.79 Å². The lowest BCUT2D eigenvalue weighted by Gasteiger charge is -2.72. The van der Waals surface area contributed by atoms with Crippen LogP contribution in [0.15, 0.2) is 18.3 Å². The van der Waals surface area contributed by atoms with Crippen molar-refractivity contribution in [3.8, 4) is 0 Å². The molecule has 7 rings (SSSR count). The van der Waals surface area contributed by atoms with Crippen LogP contribution in [-0.4, -0.2) is 66.1 Å². The summed E-state index contributed by atoms with van der Waals surface area (Å²) < 4.78 is 5.49. The third-order valence-electron chi connectivity index (χ3n) is 15.3. The summed E-state index contributed by atoms with van der Waals surface area (Å²) >= 11 is 0. The summed E-state index contributed by atoms with van der Waals surface area (Å²) in [6, 6.07) is 0.0301. The van der Waals surface area contributed by atoms with E-state index in [0.717, 1.165) is 58.5 Å². The van der Waals surface area contributed by atoms with Crippen molar-refractivity contribution in [2.24, 2.45) is 45.8 Å². The van der Waals surface area contributed by atoms with Crippen LogP contribution >= 0.6 is 0 Å². The zero-order valence-electron chi connectivity index (χ0n) is 28.5. The predicted molar refractivity (Wildman–Crippen MR) is 175 cm³/mol. The minimum atomic E-state index is -0.125. The van der Waals surface area contributed by atoms with E-state index in [4.69, 9.17) is 4.74 Å². The van der Waals surface area contributed by atoms with Gasteiger partial charge in [-0.2, -0.15) is 5.10 Å². The molecular formula is C37H59N5O2. The second kappa shape index (κ2) is 10.6. The number of nitrogens with one attached hydrogen (secondary N) is 3. The Kier molecular flexibility index (Phi) is 7.40. The van der Waals surface area contributed by atoms with Gasteiger partial charge in [0.2, 0.25) is 0 Å². The lowest BCUT2D eigenvalue weighted by atomic mass is 9.33. The van der Waals surface area contributed by atoms with Crippen LogP contribution in [0.5, 0.6) is 0 Å². The number of hydrogen-bond donors (Lipinski definition) is 3. The molecule has 1 aliphatic heterocycles. The molecule has 6 aliphatic rings. The summed E-state index contributed by atoms with van der Waals surface area (Å²) in [6.45, 7) is 24.9. The molecule has 4 saturated carbocycles. The molecule has 1 aromatic heterocycles. The van der Waals surface area contributed by atoms with E-state index in [1.54, 1.807) is 0 Å². The molecule has 1 saturated heterocycles. The van der Waals surface area contributed by atoms with Crippen LogP contribution < -0.4 is 10.6 Å². The average molecular weight is 606 g/mol. The number of morpholine rings is 1. The molecule has 1 aromatic rings. The number of aromatic nitrogens is 2. The monoisotopic (exact) mass is 605 g/mol. The van der Waals surface area contributed by atoms with E-state index >= 15 is 0 Å². The van der Waals surface area contributed by atoms with Gasteiger partial charge >= 0.3 is 6.03 Å². The zero-order valence-corrected chi connectivity index (χ0v) is 28.5. The largest absolute Gasteiger partial charge is 0.379 e. The zero-order chi connectivity index (χ0) is 31.1. The molecule has 2 heterocycles. The summed E-state index contributed by atoms with van der Waals surface area (Å²) in [5.41, 5.74) is 4.97. The van der Waals surface area contributed by atoms with Crippen LogP contribution in [0.1, 0.15) is 104 Å². The Labute approximate surface area is 266 Å². The maximum absolute atomic E-state index is 13.5. The van der Waals surface area contributed by atoms with E-state index < -0.39 is 0 Å². The summed E-state index contributed by atoms with van der Waals surface area (Å²) in [5.74, 6) is 2.93. The van der Waals surface area contributed by atoms with Gasteiger partial charge in [-0.05, 0) is 116 Å². The fourth-order valence-corrected chi connectivity index (χ4v) is 13.2. The number of amides is 2. The van der Waals surface area contributed by atoms with Gasteiger partial charge in [-0.25, -0.2) is 4.79 Å². The standard InChI is InChI=1S/C37H59N5O2/c1-24(2)26-10-13-37(40-32(43)38-16-17-42-18-20-44-21-19-42)15-14-35(6)27(30(26)37)8-9-29-34(5)22-25-23-39-41-31(25)33(3,4)28(34)11-12-36(29,35)7/h23,26-30H,1,8-22H2,2-7H3,(H,39,41)(H2,38,40,43)/t26-,27+,28-,29+,30+,34-,35+,36+,37-/m0/s1. The van der Waals surface area contributed by atoms with E-state index in [2.05, 4.69) is 80.0 Å². The van der Waals surface area contributed by atoms with Gasteiger partial charge in [-0.3, -0.25) is 10.00 Å². The molecule has 7 heteroatoms. The van der Waals surface area contributed by atoms with E-state index in [0.29, 0.717) is 36.1 Å². The molecule has 0 bridgehead atoms. The van der Waals surface area contributed by atoms with Gasteiger partial charge in [0, 0.05) is 42.8 Å². The minimum Gasteiger partial charge on any atom is -0.379 e. The fourth-order valence-electron chi connectivity index (χ4n) is 13.2. The number of carbonyl (C=O) groups is 1. The van der Waals surface area contributed by atoms with Gasteiger partial charge in [0.15, 0.2) is 0 Å². The van der Waals surface area contributed by atoms with Crippen LogP contribution in [0, 0.1) is 45.8 Å². The molecule has 2 amide bonds. The second-order valence-corrected chi connectivity index (χ2v) is 17.3. The van der Waals surface area contributed by atoms with Crippen molar-refractivity contribution in [3.63, 3.8) is 0 Å². The normalized spacial score (nSPS) is 44.4. The summed E-state index contributed by atoms with van der Waals surface area (Å²) in [5, 5.41) is 14.9. The third-order valence-corrected chi connectivity index (χ3v) is 15.3. The van der Waals surface area contributed by atoms with Crippen molar-refractivity contribution in [1.82, 2.24) is 25.7 Å². The predicted octanol–water partition coefficient (Wildman–Crippen LogP) is 6.46. The molecule has 9 atom stereocenters. The molecule has 0 aromatic carbocycles. The number of H-pyrrole nitrogens is 1. The minimum absolute atomic E-state index is 0.0301. The molecule has 244 valence electrons. The Morgan fingerprint density at radius 3 is 2.55 bits per heavy atom. The first-order chi connectivity index (χ1) is 20.9. The SMILES string of the molecule is C=C(C)[C@@H]1CC[C@]2(NC(=O)NCCN3CCOCC3)CC[C@]3(C)[C@H](CC[C@@H]4[C@@]5(C)Cc6cn[nH]c6C(C)(C)[C@@H]5CC[C@]43C)[C@@H]12. The lowest BCUT2D eigenvalue weighted by molar-refractivity contribution is -0.218. The van der Waals surface area contributed by atoms with E-state index in [1.807, 2.05) is 0 Å². The quantitative estimate of drug-likeness (QED) is 0.336. The molecule has 44 heavy (non-hydrogen) atoms. The van der Waals surface area contributed by atoms with Crippen molar-refractivity contribution < 1.29 is 9.53 Å². The molecular weight excluding hydrogens is 546 g/mol. The van der Waals surface area contributed by atoms with Crippen molar-refractivity contribution in [3.05, 3.63) is 29.6 Å². The second-order valence-electron chi connectivity index (χ2n) is 17.3. The van der Waals surface area contributed by atoms with Crippen LogP contribution in [0.3, 0.4) is 0 Å². The number of allylic oxidation sites excluding steroid dienone is 1. The van der Waals surface area contributed by atoms with Crippen LogP contribution in [0.25, 0.3) is 0 Å². The smallest absolute Gasteiger partial charge is 0.315 e. The number of hydrogen-bond acceptors (Lipinski definition) is 4. The number of urea groups is 1. The number of rotatable bonds is 5. The molecule has 0 spiro atoms. The molecule has 7 nitrogen and oxygen atoms in total. The Bertz CT molecular complexity index is 1280. The Hall–Kier alpha value is -1.86. The Morgan fingerprint density at radius 2 is 1.80 bits per heavy atom. The van der Waals surface area contributed by atoms with Gasteiger partial charge < -0.3 is 15.4 Å². The molecule has 3 N–H and O–H groups in total. The lowest BCUT2D eigenvalue weighted by Crippen LogP contribution is -2.69. The highest BCUT2D eigenvalue weighted by atomic mass is 16.5. The number of nitrogens with zero attached hydrogens (tertiary/aromatic N) is 2. The van der Waals surface area contributed by atoms with Crippen LogP contribution in [-0.2, 0) is 16.6 Å².